The summed E-state index contributed by atoms with van der Waals surface area (Å²) < 4.78 is 0. The van der Waals surface area contributed by atoms with Crippen molar-refractivity contribution in [2.24, 2.45) is 0 Å². The highest BCUT2D eigenvalue weighted by molar-refractivity contribution is 5.95. The molecule has 0 unspecified atom stereocenters. The van der Waals surface area contributed by atoms with Crippen molar-refractivity contribution < 1.29 is 0 Å². The van der Waals surface area contributed by atoms with Gasteiger partial charge in [-0.15, -0.1) is 0 Å². The highest BCUT2D eigenvalue weighted by Crippen LogP contribution is 2.54. The van der Waals surface area contributed by atoms with Gasteiger partial charge in [0, 0.05) is 5.41 Å². The minimum atomic E-state index is -0.0700. The summed E-state index contributed by atoms with van der Waals surface area (Å²) in [4.78, 5) is 0. The average Bonchev–Trinajstić information content (AvgIpc) is 3.18. The first-order valence-electron chi connectivity index (χ1n) is 15.0. The lowest BCUT2D eigenvalue weighted by atomic mass is 9.76. The van der Waals surface area contributed by atoms with E-state index in [9.17, 15) is 0 Å². The standard InChI is InChI=1S/C41H42/c1-39(2,3)30-21-22-34-36(25-30)41(7,8)37-26-31(40(4,5)6)24-35(38(34)37)29-18-14-17-28(23-29)33-20-13-12-19-32(33)27-15-10-9-11-16-27/h9-26H,1-8H3. The molecule has 0 N–H and O–H groups in total. The van der Waals surface area contributed by atoms with Gasteiger partial charge in [-0.3, -0.25) is 0 Å². The molecule has 206 valence electrons. The highest BCUT2D eigenvalue weighted by Gasteiger charge is 2.39. The SMILES string of the molecule is CC(C)(C)c1ccc2c(c1)C(C)(C)c1cc(C(C)(C)C)cc(-c3cccc(-c4ccccc4-c4ccccc4)c3)c1-2. The summed E-state index contributed by atoms with van der Waals surface area (Å²) in [5, 5.41) is 0. The van der Waals surface area contributed by atoms with Gasteiger partial charge in [0.25, 0.3) is 0 Å². The van der Waals surface area contributed by atoms with Gasteiger partial charge < -0.3 is 0 Å². The van der Waals surface area contributed by atoms with E-state index in [2.05, 4.69) is 165 Å². The lowest BCUT2D eigenvalue weighted by molar-refractivity contribution is 0.580. The second-order valence-corrected chi connectivity index (χ2v) is 14.3. The van der Waals surface area contributed by atoms with Crippen LogP contribution in [0, 0.1) is 0 Å². The Bertz CT molecular complexity index is 1750. The first-order valence-corrected chi connectivity index (χ1v) is 15.0. The molecule has 1 aliphatic carbocycles. The third-order valence-corrected chi connectivity index (χ3v) is 9.00. The fourth-order valence-electron chi connectivity index (χ4n) is 6.44. The Morgan fingerprint density at radius 3 is 1.59 bits per heavy atom. The molecule has 0 saturated carbocycles. The van der Waals surface area contributed by atoms with Gasteiger partial charge in [0.1, 0.15) is 0 Å². The number of hydrogen-bond acceptors (Lipinski definition) is 0. The predicted molar refractivity (Wildman–Crippen MR) is 178 cm³/mol. The number of benzene rings is 5. The van der Waals surface area contributed by atoms with Gasteiger partial charge in [-0.1, -0.05) is 152 Å². The van der Waals surface area contributed by atoms with Crippen molar-refractivity contribution in [3.05, 3.63) is 131 Å². The molecule has 0 aromatic heterocycles. The molecule has 0 nitrogen and oxygen atoms in total. The summed E-state index contributed by atoms with van der Waals surface area (Å²) in [6.45, 7) is 18.7. The quantitative estimate of drug-likeness (QED) is 0.216. The van der Waals surface area contributed by atoms with Gasteiger partial charge >= 0.3 is 0 Å². The first-order chi connectivity index (χ1) is 19.4. The Hall–Kier alpha value is -3.90. The Balaban J connectivity index is 1.59. The Kier molecular flexibility index (Phi) is 6.38. The van der Waals surface area contributed by atoms with Gasteiger partial charge in [-0.2, -0.15) is 0 Å². The molecule has 41 heavy (non-hydrogen) atoms. The summed E-state index contributed by atoms with van der Waals surface area (Å²) in [6, 6.07) is 40.8. The summed E-state index contributed by atoms with van der Waals surface area (Å²) in [5.74, 6) is 0. The maximum Gasteiger partial charge on any atom is 0.0159 e. The van der Waals surface area contributed by atoms with Gasteiger partial charge in [0.2, 0.25) is 0 Å². The summed E-state index contributed by atoms with van der Waals surface area (Å²) in [6.07, 6.45) is 0. The van der Waals surface area contributed by atoms with Crippen LogP contribution in [0.1, 0.15) is 77.6 Å². The molecule has 5 aromatic rings. The van der Waals surface area contributed by atoms with Gasteiger partial charge in [0.05, 0.1) is 0 Å². The van der Waals surface area contributed by atoms with E-state index in [4.69, 9.17) is 0 Å². The van der Waals surface area contributed by atoms with Gasteiger partial charge in [0.15, 0.2) is 0 Å². The molecule has 0 radical (unpaired) electrons. The van der Waals surface area contributed by atoms with Gasteiger partial charge in [-0.05, 0) is 89.7 Å². The third-order valence-electron chi connectivity index (χ3n) is 9.00. The molecule has 0 fully saturated rings. The maximum absolute atomic E-state index is 2.49. The van der Waals surface area contributed by atoms with Crippen molar-refractivity contribution in [1.82, 2.24) is 0 Å². The summed E-state index contributed by atoms with van der Waals surface area (Å²) in [7, 11) is 0. The van der Waals surface area contributed by atoms with E-state index in [0.29, 0.717) is 0 Å². The van der Waals surface area contributed by atoms with Crippen LogP contribution in [0.4, 0.5) is 0 Å². The molecule has 6 rings (SSSR count). The van der Waals surface area contributed by atoms with Crippen molar-refractivity contribution >= 4 is 0 Å². The van der Waals surface area contributed by atoms with Crippen LogP contribution in [-0.4, -0.2) is 0 Å². The van der Waals surface area contributed by atoms with E-state index in [1.807, 2.05) is 0 Å². The molecule has 0 saturated heterocycles. The Labute approximate surface area is 247 Å². The fraction of sp³-hybridized carbons (Fsp3) is 0.268. The van der Waals surface area contributed by atoms with E-state index in [1.54, 1.807) is 0 Å². The largest absolute Gasteiger partial charge is 0.0622 e. The molecular weight excluding hydrogens is 492 g/mol. The molecule has 1 aliphatic rings. The van der Waals surface area contributed by atoms with E-state index in [0.717, 1.165) is 0 Å². The molecule has 0 heteroatoms. The molecule has 5 aromatic carbocycles. The summed E-state index contributed by atoms with van der Waals surface area (Å²) >= 11 is 0. The van der Waals surface area contributed by atoms with Gasteiger partial charge in [-0.25, -0.2) is 0 Å². The average molecular weight is 535 g/mol. The second kappa shape index (κ2) is 9.59. The molecule has 0 spiro atoms. The van der Waals surface area contributed by atoms with E-state index in [-0.39, 0.29) is 16.2 Å². The van der Waals surface area contributed by atoms with Crippen LogP contribution in [-0.2, 0) is 16.2 Å². The maximum atomic E-state index is 2.49. The fourth-order valence-corrected chi connectivity index (χ4v) is 6.44. The normalized spacial score (nSPS) is 14.0. The molecule has 0 heterocycles. The van der Waals surface area contributed by atoms with Crippen LogP contribution < -0.4 is 0 Å². The smallest absolute Gasteiger partial charge is 0.0159 e. The molecule has 0 bridgehead atoms. The zero-order chi connectivity index (χ0) is 29.2. The lowest BCUT2D eigenvalue weighted by Crippen LogP contribution is -2.19. The lowest BCUT2D eigenvalue weighted by Gasteiger charge is -2.27. The molecule has 0 aliphatic heterocycles. The van der Waals surface area contributed by atoms with Crippen LogP contribution in [0.25, 0.3) is 44.5 Å². The number of rotatable bonds is 3. The Morgan fingerprint density at radius 1 is 0.415 bits per heavy atom. The van der Waals surface area contributed by atoms with Crippen LogP contribution in [0.2, 0.25) is 0 Å². The zero-order valence-corrected chi connectivity index (χ0v) is 25.9. The first kappa shape index (κ1) is 27.3. The van der Waals surface area contributed by atoms with Crippen molar-refractivity contribution in [3.63, 3.8) is 0 Å². The van der Waals surface area contributed by atoms with Crippen LogP contribution >= 0.6 is 0 Å². The second-order valence-electron chi connectivity index (χ2n) is 14.3. The zero-order valence-electron chi connectivity index (χ0n) is 25.9. The summed E-state index contributed by atoms with van der Waals surface area (Å²) in [5.41, 5.74) is 16.2. The van der Waals surface area contributed by atoms with Crippen LogP contribution in [0.15, 0.2) is 109 Å². The highest BCUT2D eigenvalue weighted by atomic mass is 14.4. The minimum absolute atomic E-state index is 0.0444. The molecular formula is C41H42. The van der Waals surface area contributed by atoms with E-state index < -0.39 is 0 Å². The van der Waals surface area contributed by atoms with Crippen molar-refractivity contribution in [2.45, 2.75) is 71.6 Å². The van der Waals surface area contributed by atoms with Crippen molar-refractivity contribution in [2.75, 3.05) is 0 Å². The van der Waals surface area contributed by atoms with Crippen molar-refractivity contribution in [3.8, 4) is 44.5 Å². The van der Waals surface area contributed by atoms with Crippen LogP contribution in [0.5, 0.6) is 0 Å². The van der Waals surface area contributed by atoms with Crippen LogP contribution in [0.3, 0.4) is 0 Å². The Morgan fingerprint density at radius 2 is 0.951 bits per heavy atom. The topological polar surface area (TPSA) is 0 Å². The monoisotopic (exact) mass is 534 g/mol. The minimum Gasteiger partial charge on any atom is -0.0622 e. The molecule has 0 atom stereocenters. The third kappa shape index (κ3) is 4.74. The predicted octanol–water partition coefficient (Wildman–Crippen LogP) is 11.6. The van der Waals surface area contributed by atoms with E-state index in [1.165, 1.54) is 66.8 Å². The number of fused-ring (bicyclic) bond motifs is 3. The number of hydrogen-bond donors (Lipinski definition) is 0. The van der Waals surface area contributed by atoms with Crippen molar-refractivity contribution in [1.29, 1.82) is 0 Å². The van der Waals surface area contributed by atoms with E-state index >= 15 is 0 Å². The molecule has 0 amide bonds.